The molecule has 1 amide bonds. The SMILES string of the molecule is COc1ccc(C(=O)[C@@H]2CCCN2C(=O)OC(C)(C)C)c(OC)c1. The van der Waals surface area contributed by atoms with Gasteiger partial charge in [0.15, 0.2) is 5.78 Å². The summed E-state index contributed by atoms with van der Waals surface area (Å²) < 4.78 is 15.9. The summed E-state index contributed by atoms with van der Waals surface area (Å²) in [4.78, 5) is 26.8. The molecule has 0 radical (unpaired) electrons. The van der Waals surface area contributed by atoms with E-state index >= 15 is 0 Å². The average Bonchev–Trinajstić information content (AvgIpc) is 3.01. The molecule has 24 heavy (non-hydrogen) atoms. The van der Waals surface area contributed by atoms with Crippen molar-refractivity contribution in [3.8, 4) is 11.5 Å². The Labute approximate surface area is 142 Å². The largest absolute Gasteiger partial charge is 0.497 e. The second kappa shape index (κ2) is 7.11. The second-order valence-corrected chi connectivity index (χ2v) is 6.76. The third-order valence-corrected chi connectivity index (χ3v) is 3.86. The fourth-order valence-corrected chi connectivity index (χ4v) is 2.76. The Balaban J connectivity index is 2.23. The lowest BCUT2D eigenvalue weighted by Gasteiger charge is -2.28. The van der Waals surface area contributed by atoms with Gasteiger partial charge in [0.05, 0.1) is 25.8 Å². The number of Topliss-reactive ketones (excluding diaryl/α,β-unsaturated/α-hetero) is 1. The predicted octanol–water partition coefficient (Wildman–Crippen LogP) is 3.29. The maximum atomic E-state index is 12.9. The normalized spacial score (nSPS) is 17.5. The molecule has 0 N–H and O–H groups in total. The molecule has 132 valence electrons. The highest BCUT2D eigenvalue weighted by Crippen LogP contribution is 2.30. The maximum absolute atomic E-state index is 12.9. The highest BCUT2D eigenvalue weighted by Gasteiger charge is 2.37. The number of nitrogens with zero attached hydrogens (tertiary/aromatic N) is 1. The molecular weight excluding hydrogens is 310 g/mol. The summed E-state index contributed by atoms with van der Waals surface area (Å²) in [5.74, 6) is 0.909. The van der Waals surface area contributed by atoms with Crippen molar-refractivity contribution in [2.75, 3.05) is 20.8 Å². The van der Waals surface area contributed by atoms with E-state index in [0.717, 1.165) is 6.42 Å². The third kappa shape index (κ3) is 3.99. The molecule has 6 heteroatoms. The molecule has 0 bridgehead atoms. The maximum Gasteiger partial charge on any atom is 0.410 e. The summed E-state index contributed by atoms with van der Waals surface area (Å²) in [6.45, 7) is 5.95. The Kier molecular flexibility index (Phi) is 5.36. The molecular formula is C18H25NO5. The van der Waals surface area contributed by atoms with Crippen LogP contribution in [-0.2, 0) is 4.74 Å². The van der Waals surface area contributed by atoms with Crippen molar-refractivity contribution >= 4 is 11.9 Å². The Morgan fingerprint density at radius 2 is 1.88 bits per heavy atom. The zero-order chi connectivity index (χ0) is 17.9. The molecule has 1 aromatic rings. The predicted molar refractivity (Wildman–Crippen MR) is 89.8 cm³/mol. The molecule has 0 aromatic heterocycles. The fraction of sp³-hybridized carbons (Fsp3) is 0.556. The lowest BCUT2D eigenvalue weighted by molar-refractivity contribution is 0.0222. The van der Waals surface area contributed by atoms with E-state index in [-0.39, 0.29) is 5.78 Å². The first-order valence-electron chi connectivity index (χ1n) is 8.02. The van der Waals surface area contributed by atoms with Crippen LogP contribution in [0.1, 0.15) is 44.0 Å². The van der Waals surface area contributed by atoms with Gasteiger partial charge < -0.3 is 14.2 Å². The van der Waals surface area contributed by atoms with E-state index < -0.39 is 17.7 Å². The summed E-state index contributed by atoms with van der Waals surface area (Å²) >= 11 is 0. The molecule has 0 unspecified atom stereocenters. The molecule has 1 heterocycles. The van der Waals surface area contributed by atoms with Crippen LogP contribution in [0.4, 0.5) is 4.79 Å². The van der Waals surface area contributed by atoms with Crippen LogP contribution in [-0.4, -0.2) is 49.2 Å². The summed E-state index contributed by atoms with van der Waals surface area (Å²) in [5, 5.41) is 0. The molecule has 0 saturated carbocycles. The molecule has 1 aliphatic heterocycles. The van der Waals surface area contributed by atoms with Crippen LogP contribution in [0.15, 0.2) is 18.2 Å². The Hall–Kier alpha value is -2.24. The van der Waals surface area contributed by atoms with E-state index in [4.69, 9.17) is 14.2 Å². The molecule has 6 nitrogen and oxygen atoms in total. The van der Waals surface area contributed by atoms with Crippen LogP contribution in [0.3, 0.4) is 0 Å². The first kappa shape index (κ1) is 18.1. The molecule has 2 rings (SSSR count). The lowest BCUT2D eigenvalue weighted by atomic mass is 10.0. The van der Waals surface area contributed by atoms with Crippen LogP contribution < -0.4 is 9.47 Å². The average molecular weight is 335 g/mol. The van der Waals surface area contributed by atoms with E-state index in [9.17, 15) is 9.59 Å². The van der Waals surface area contributed by atoms with Crippen molar-refractivity contribution in [1.29, 1.82) is 0 Å². The molecule has 0 aliphatic carbocycles. The number of carbonyl (C=O) groups excluding carboxylic acids is 2. The minimum absolute atomic E-state index is 0.141. The van der Waals surface area contributed by atoms with Gasteiger partial charge in [-0.15, -0.1) is 0 Å². The fourth-order valence-electron chi connectivity index (χ4n) is 2.76. The van der Waals surface area contributed by atoms with E-state index in [1.165, 1.54) is 12.0 Å². The van der Waals surface area contributed by atoms with E-state index in [0.29, 0.717) is 30.0 Å². The highest BCUT2D eigenvalue weighted by atomic mass is 16.6. The number of ketones is 1. The lowest BCUT2D eigenvalue weighted by Crippen LogP contribution is -2.43. The summed E-state index contributed by atoms with van der Waals surface area (Å²) in [6.07, 6.45) is 0.937. The number of hydrogen-bond donors (Lipinski definition) is 0. The van der Waals surface area contributed by atoms with Gasteiger partial charge in [0, 0.05) is 12.6 Å². The van der Waals surface area contributed by atoms with Crippen LogP contribution in [0.2, 0.25) is 0 Å². The number of hydrogen-bond acceptors (Lipinski definition) is 5. The summed E-state index contributed by atoms with van der Waals surface area (Å²) in [6, 6.07) is 4.52. The second-order valence-electron chi connectivity index (χ2n) is 6.76. The van der Waals surface area contributed by atoms with Crippen molar-refractivity contribution in [2.45, 2.75) is 45.3 Å². The standard InChI is InChI=1S/C18H25NO5/c1-18(2,3)24-17(21)19-10-6-7-14(19)16(20)13-9-8-12(22-4)11-15(13)23-5/h8-9,11,14H,6-7,10H2,1-5H3/t14-/m0/s1. The summed E-state index contributed by atoms with van der Waals surface area (Å²) in [5.41, 5.74) is -0.149. The van der Waals surface area contributed by atoms with Gasteiger partial charge in [0.1, 0.15) is 17.1 Å². The number of amides is 1. The number of likely N-dealkylation sites (tertiary alicyclic amines) is 1. The smallest absolute Gasteiger partial charge is 0.410 e. The molecule has 1 aromatic carbocycles. The molecule has 1 fully saturated rings. The van der Waals surface area contributed by atoms with E-state index in [1.807, 2.05) is 20.8 Å². The molecule has 1 atom stereocenters. The highest BCUT2D eigenvalue weighted by molar-refractivity contribution is 6.04. The number of methoxy groups -OCH3 is 2. The zero-order valence-corrected chi connectivity index (χ0v) is 14.9. The van der Waals surface area contributed by atoms with Gasteiger partial charge >= 0.3 is 6.09 Å². The van der Waals surface area contributed by atoms with E-state index in [1.54, 1.807) is 25.3 Å². The zero-order valence-electron chi connectivity index (χ0n) is 14.9. The Morgan fingerprint density at radius 3 is 2.46 bits per heavy atom. The topological polar surface area (TPSA) is 65.1 Å². The molecule has 1 saturated heterocycles. The van der Waals surface area contributed by atoms with Crippen molar-refractivity contribution in [3.05, 3.63) is 23.8 Å². The van der Waals surface area contributed by atoms with Crippen LogP contribution in [0.5, 0.6) is 11.5 Å². The van der Waals surface area contributed by atoms with Crippen LogP contribution >= 0.6 is 0 Å². The number of benzene rings is 1. The number of rotatable bonds is 4. The van der Waals surface area contributed by atoms with Gasteiger partial charge in [-0.25, -0.2) is 4.79 Å². The van der Waals surface area contributed by atoms with Gasteiger partial charge in [-0.05, 0) is 45.7 Å². The Bertz CT molecular complexity index is 620. The van der Waals surface area contributed by atoms with Gasteiger partial charge in [-0.2, -0.15) is 0 Å². The monoisotopic (exact) mass is 335 g/mol. The number of carbonyl (C=O) groups is 2. The third-order valence-electron chi connectivity index (χ3n) is 3.86. The van der Waals surface area contributed by atoms with Crippen molar-refractivity contribution in [1.82, 2.24) is 4.90 Å². The van der Waals surface area contributed by atoms with Crippen molar-refractivity contribution in [2.24, 2.45) is 0 Å². The minimum atomic E-state index is -0.592. The van der Waals surface area contributed by atoms with Crippen molar-refractivity contribution < 1.29 is 23.8 Å². The van der Waals surface area contributed by atoms with Crippen molar-refractivity contribution in [3.63, 3.8) is 0 Å². The van der Waals surface area contributed by atoms with Gasteiger partial charge in [-0.3, -0.25) is 9.69 Å². The van der Waals surface area contributed by atoms with E-state index in [2.05, 4.69) is 0 Å². The summed E-state index contributed by atoms with van der Waals surface area (Å²) in [7, 11) is 3.06. The van der Waals surface area contributed by atoms with Gasteiger partial charge in [0.2, 0.25) is 0 Å². The number of ether oxygens (including phenoxy) is 3. The minimum Gasteiger partial charge on any atom is -0.497 e. The van der Waals surface area contributed by atoms with Crippen LogP contribution in [0.25, 0.3) is 0 Å². The quantitative estimate of drug-likeness (QED) is 0.790. The Morgan fingerprint density at radius 1 is 1.17 bits per heavy atom. The van der Waals surface area contributed by atoms with Gasteiger partial charge in [0.25, 0.3) is 0 Å². The van der Waals surface area contributed by atoms with Crippen LogP contribution in [0, 0.1) is 0 Å². The first-order chi connectivity index (χ1) is 11.3. The first-order valence-corrected chi connectivity index (χ1v) is 8.02. The molecule has 0 spiro atoms. The van der Waals surface area contributed by atoms with Gasteiger partial charge in [-0.1, -0.05) is 0 Å². The molecule has 1 aliphatic rings.